The fraction of sp³-hybridized carbons (Fsp3) is 0.182. The van der Waals surface area contributed by atoms with Crippen molar-refractivity contribution in [1.29, 1.82) is 0 Å². The van der Waals surface area contributed by atoms with Crippen molar-refractivity contribution < 1.29 is 18.6 Å². The molecule has 0 amide bonds. The van der Waals surface area contributed by atoms with Crippen LogP contribution in [0.3, 0.4) is 0 Å². The molecule has 0 saturated heterocycles. The topological polar surface area (TPSA) is 96.8 Å². The average molecular weight is 456 g/mol. The van der Waals surface area contributed by atoms with Crippen LogP contribution in [0.25, 0.3) is 33.7 Å². The summed E-state index contributed by atoms with van der Waals surface area (Å²) in [7, 11) is 0. The molecule has 32 heavy (non-hydrogen) atoms. The van der Waals surface area contributed by atoms with Crippen LogP contribution >= 0.6 is 11.6 Å². The number of imidazole rings is 1. The summed E-state index contributed by atoms with van der Waals surface area (Å²) in [4.78, 5) is 19.3. The van der Waals surface area contributed by atoms with Crippen LogP contribution < -0.4 is 4.74 Å². The lowest BCUT2D eigenvalue weighted by atomic mass is 9.81. The lowest BCUT2D eigenvalue weighted by Crippen LogP contribution is -2.35. The number of H-pyrrole nitrogens is 1. The Morgan fingerprint density at radius 3 is 2.41 bits per heavy atom. The highest BCUT2D eigenvalue weighted by Gasteiger charge is 2.33. The highest BCUT2D eigenvalue weighted by molar-refractivity contribution is 6.31. The number of rotatable bonds is 5. The molecule has 3 aromatic heterocycles. The summed E-state index contributed by atoms with van der Waals surface area (Å²) in [5.74, 6) is -1.40. The molecule has 2 N–H and O–H groups in total. The molecule has 0 radical (unpaired) electrons. The van der Waals surface area contributed by atoms with Crippen LogP contribution in [0, 0.1) is 17.6 Å². The number of halogens is 3. The predicted molar refractivity (Wildman–Crippen MR) is 114 cm³/mol. The van der Waals surface area contributed by atoms with Crippen molar-refractivity contribution in [3.8, 4) is 28.5 Å². The second kappa shape index (κ2) is 7.83. The third-order valence-electron chi connectivity index (χ3n) is 5.38. The Kier molecular flexibility index (Phi) is 4.97. The van der Waals surface area contributed by atoms with Gasteiger partial charge < -0.3 is 14.8 Å². The fourth-order valence-electron chi connectivity index (χ4n) is 3.57. The molecule has 3 heterocycles. The highest BCUT2D eigenvalue weighted by atomic mass is 35.5. The number of pyridine rings is 1. The van der Waals surface area contributed by atoms with E-state index < -0.39 is 11.6 Å². The maximum atomic E-state index is 14.9. The van der Waals surface area contributed by atoms with Crippen LogP contribution in [0.2, 0.25) is 5.02 Å². The number of nitrogens with one attached hydrogen (secondary N) is 1. The molecule has 0 unspecified atom stereocenters. The van der Waals surface area contributed by atoms with E-state index in [0.717, 1.165) is 0 Å². The zero-order chi connectivity index (χ0) is 22.4. The van der Waals surface area contributed by atoms with E-state index >= 15 is 0 Å². The monoisotopic (exact) mass is 455 g/mol. The summed E-state index contributed by atoms with van der Waals surface area (Å²) in [5.41, 5.74) is 1.18. The molecule has 0 atom stereocenters. The Morgan fingerprint density at radius 1 is 1.06 bits per heavy atom. The number of aromatic nitrogens is 5. The van der Waals surface area contributed by atoms with Gasteiger partial charge in [0.05, 0.1) is 21.9 Å². The van der Waals surface area contributed by atoms with Crippen LogP contribution in [0.1, 0.15) is 12.8 Å². The maximum Gasteiger partial charge on any atom is 0.316 e. The summed E-state index contributed by atoms with van der Waals surface area (Å²) in [6.45, 7) is 3.51. The van der Waals surface area contributed by atoms with Crippen molar-refractivity contribution >= 4 is 22.8 Å². The van der Waals surface area contributed by atoms with E-state index in [-0.39, 0.29) is 40.7 Å². The van der Waals surface area contributed by atoms with Gasteiger partial charge in [-0.05, 0) is 36.6 Å². The molecule has 0 aliphatic heterocycles. The lowest BCUT2D eigenvalue weighted by molar-refractivity contribution is 0.0539. The van der Waals surface area contributed by atoms with E-state index in [1.165, 1.54) is 30.7 Å². The third-order valence-corrected chi connectivity index (χ3v) is 5.59. The van der Waals surface area contributed by atoms with Crippen LogP contribution in [0.4, 0.5) is 8.78 Å². The van der Waals surface area contributed by atoms with Gasteiger partial charge in [0.15, 0.2) is 5.65 Å². The third kappa shape index (κ3) is 3.75. The van der Waals surface area contributed by atoms with E-state index in [0.29, 0.717) is 34.6 Å². The molecule has 7 nitrogen and oxygen atoms in total. The molecular formula is C22H16ClF2N5O2. The molecule has 1 aromatic carbocycles. The van der Waals surface area contributed by atoms with E-state index in [9.17, 15) is 13.9 Å². The number of nitrogens with zero attached hydrogens (tertiary/aromatic N) is 4. The number of benzene rings is 1. The Hall–Kier alpha value is -3.59. The zero-order valence-electron chi connectivity index (χ0n) is 16.5. The number of aromatic amines is 1. The number of aliphatic hydroxyl groups is 1. The first-order valence-corrected chi connectivity index (χ1v) is 10.1. The Labute approximate surface area is 185 Å². The SMILES string of the molecule is C=C(O)C1CC(Oc2ncc(-c3cc(F)c(-c4nc5ncc(Cl)cc5[nH]4)c(F)c3)cn2)C1. The smallest absolute Gasteiger partial charge is 0.316 e. The minimum absolute atomic E-state index is 0.0145. The Morgan fingerprint density at radius 2 is 1.75 bits per heavy atom. The first kappa shape index (κ1) is 20.3. The standard InChI is InChI=1S/C22H16ClF2N5O2/c1-10(31)11-2-15(3-11)32-22-27-7-13(8-28-22)12-4-16(24)19(17(25)5-12)21-29-18-6-14(23)9-26-20(18)30-21/h4-9,11,15,31H,1-3H2,(H,26,29,30). The van der Waals surface area contributed by atoms with E-state index in [1.807, 2.05) is 0 Å². The van der Waals surface area contributed by atoms with Crippen LogP contribution in [0.15, 0.2) is 49.1 Å². The average Bonchev–Trinajstić information content (AvgIpc) is 3.12. The van der Waals surface area contributed by atoms with Gasteiger partial charge in [0.1, 0.15) is 23.6 Å². The lowest BCUT2D eigenvalue weighted by Gasteiger charge is -2.33. The quantitative estimate of drug-likeness (QED) is 0.399. The van der Waals surface area contributed by atoms with Gasteiger partial charge in [-0.15, -0.1) is 0 Å². The fourth-order valence-corrected chi connectivity index (χ4v) is 3.73. The molecule has 10 heteroatoms. The first-order valence-electron chi connectivity index (χ1n) is 9.75. The van der Waals surface area contributed by atoms with Gasteiger partial charge in [-0.2, -0.15) is 0 Å². The molecule has 1 aliphatic carbocycles. The van der Waals surface area contributed by atoms with Crippen molar-refractivity contribution in [1.82, 2.24) is 24.9 Å². The van der Waals surface area contributed by atoms with E-state index in [4.69, 9.17) is 16.3 Å². The molecule has 0 bridgehead atoms. The highest BCUT2D eigenvalue weighted by Crippen LogP contribution is 2.34. The summed E-state index contributed by atoms with van der Waals surface area (Å²) in [5, 5.41) is 9.73. The van der Waals surface area contributed by atoms with Gasteiger partial charge in [-0.3, -0.25) is 0 Å². The number of allylic oxidation sites excluding steroid dienone is 1. The minimum Gasteiger partial charge on any atom is -0.513 e. The molecule has 1 aliphatic rings. The number of hydrogen-bond acceptors (Lipinski definition) is 6. The van der Waals surface area contributed by atoms with Crippen molar-refractivity contribution in [2.45, 2.75) is 18.9 Å². The van der Waals surface area contributed by atoms with E-state index in [2.05, 4.69) is 31.5 Å². The minimum atomic E-state index is -0.796. The Balaban J connectivity index is 1.37. The van der Waals surface area contributed by atoms with Crippen LogP contribution in [-0.4, -0.2) is 36.1 Å². The van der Waals surface area contributed by atoms with Crippen molar-refractivity contribution in [2.24, 2.45) is 5.92 Å². The number of fused-ring (bicyclic) bond motifs is 1. The van der Waals surface area contributed by atoms with Gasteiger partial charge in [0, 0.05) is 30.1 Å². The molecule has 162 valence electrons. The molecule has 5 rings (SSSR count). The van der Waals surface area contributed by atoms with Gasteiger partial charge in [0.2, 0.25) is 0 Å². The second-order valence-electron chi connectivity index (χ2n) is 7.58. The van der Waals surface area contributed by atoms with Crippen LogP contribution in [-0.2, 0) is 0 Å². The predicted octanol–water partition coefficient (Wildman–Crippen LogP) is 5.24. The zero-order valence-corrected chi connectivity index (χ0v) is 17.3. The molecular weight excluding hydrogens is 440 g/mol. The van der Waals surface area contributed by atoms with E-state index in [1.54, 1.807) is 6.07 Å². The molecule has 1 fully saturated rings. The number of aliphatic hydroxyl groups excluding tert-OH is 1. The summed E-state index contributed by atoms with van der Waals surface area (Å²) >= 11 is 5.90. The molecule has 0 spiro atoms. The Bertz CT molecular complexity index is 1310. The van der Waals surface area contributed by atoms with Gasteiger partial charge >= 0.3 is 6.01 Å². The van der Waals surface area contributed by atoms with Crippen molar-refractivity contribution in [3.05, 3.63) is 65.8 Å². The van der Waals surface area contributed by atoms with Crippen LogP contribution in [0.5, 0.6) is 6.01 Å². The summed E-state index contributed by atoms with van der Waals surface area (Å²) < 4.78 is 35.3. The van der Waals surface area contributed by atoms with Gasteiger partial charge in [-0.1, -0.05) is 18.2 Å². The number of ether oxygens (including phenoxy) is 1. The molecule has 1 saturated carbocycles. The maximum absolute atomic E-state index is 14.9. The normalized spacial score (nSPS) is 17.8. The number of hydrogen-bond donors (Lipinski definition) is 2. The van der Waals surface area contributed by atoms with Crippen molar-refractivity contribution in [3.63, 3.8) is 0 Å². The van der Waals surface area contributed by atoms with Gasteiger partial charge in [-0.25, -0.2) is 28.7 Å². The largest absolute Gasteiger partial charge is 0.513 e. The first-order chi connectivity index (χ1) is 15.4. The van der Waals surface area contributed by atoms with Crippen molar-refractivity contribution in [2.75, 3.05) is 0 Å². The summed E-state index contributed by atoms with van der Waals surface area (Å²) in [6.07, 6.45) is 5.46. The summed E-state index contributed by atoms with van der Waals surface area (Å²) in [6, 6.07) is 4.12. The second-order valence-corrected chi connectivity index (χ2v) is 8.02. The molecule has 4 aromatic rings. The van der Waals surface area contributed by atoms with Gasteiger partial charge in [0.25, 0.3) is 0 Å².